The van der Waals surface area contributed by atoms with Crippen molar-refractivity contribution in [1.29, 1.82) is 0 Å². The maximum atomic E-state index is 13.7. The second-order valence-corrected chi connectivity index (χ2v) is 8.14. The summed E-state index contributed by atoms with van der Waals surface area (Å²) in [5.74, 6) is 0.00479. The number of nitrogens with zero attached hydrogens (tertiary/aromatic N) is 6. The fourth-order valence-electron chi connectivity index (χ4n) is 3.19. The molecule has 0 saturated carbocycles. The van der Waals surface area contributed by atoms with E-state index in [0.29, 0.717) is 21.6 Å². The number of fused-ring (bicyclic) bond motifs is 2. The van der Waals surface area contributed by atoms with Gasteiger partial charge in [-0.05, 0) is 49.7 Å². The van der Waals surface area contributed by atoms with Gasteiger partial charge in [-0.3, -0.25) is 4.79 Å². The lowest BCUT2D eigenvalue weighted by molar-refractivity contribution is 0.0989. The summed E-state index contributed by atoms with van der Waals surface area (Å²) >= 11 is 7.78. The Balaban J connectivity index is 1.71. The van der Waals surface area contributed by atoms with Crippen molar-refractivity contribution in [2.75, 3.05) is 4.90 Å². The number of aryl methyl sites for hydroxylation is 1. The molecule has 0 aliphatic heterocycles. The summed E-state index contributed by atoms with van der Waals surface area (Å²) < 4.78 is 2.53. The fourth-order valence-corrected chi connectivity index (χ4v) is 4.34. The van der Waals surface area contributed by atoms with E-state index in [1.54, 1.807) is 22.8 Å². The van der Waals surface area contributed by atoms with Gasteiger partial charge in [-0.15, -0.1) is 5.10 Å². The number of carbonyl (C=O) groups is 1. The van der Waals surface area contributed by atoms with Crippen molar-refractivity contribution in [3.63, 3.8) is 0 Å². The topological polar surface area (TPSA) is 76.3 Å². The Kier molecular flexibility index (Phi) is 4.45. The van der Waals surface area contributed by atoms with Gasteiger partial charge in [0.2, 0.25) is 5.82 Å². The van der Waals surface area contributed by atoms with Gasteiger partial charge in [-0.25, -0.2) is 19.4 Å². The molecule has 0 radical (unpaired) electrons. The van der Waals surface area contributed by atoms with E-state index in [4.69, 9.17) is 11.6 Å². The Bertz CT molecular complexity index is 1390. The number of thiazole rings is 1. The molecule has 0 N–H and O–H groups in total. The average Bonchev–Trinajstić information content (AvgIpc) is 3.36. The number of hydrogen-bond acceptors (Lipinski definition) is 6. The van der Waals surface area contributed by atoms with Gasteiger partial charge in [-0.1, -0.05) is 41.1 Å². The highest BCUT2D eigenvalue weighted by Crippen LogP contribution is 2.37. The first-order valence-electron chi connectivity index (χ1n) is 9.16. The number of rotatable bonds is 3. The van der Waals surface area contributed by atoms with Gasteiger partial charge >= 0.3 is 5.91 Å². The van der Waals surface area contributed by atoms with Crippen molar-refractivity contribution in [3.05, 3.63) is 76.8 Å². The van der Waals surface area contributed by atoms with Crippen LogP contribution in [0.4, 0.5) is 10.8 Å². The minimum atomic E-state index is -0.399. The van der Waals surface area contributed by atoms with Crippen LogP contribution in [-0.4, -0.2) is 30.5 Å². The molecule has 9 heteroatoms. The Hall–Kier alpha value is -3.36. The van der Waals surface area contributed by atoms with Crippen molar-refractivity contribution in [1.82, 2.24) is 24.6 Å². The van der Waals surface area contributed by atoms with Crippen molar-refractivity contribution in [3.8, 4) is 0 Å². The quantitative estimate of drug-likeness (QED) is 0.400. The molecule has 0 bridgehead atoms. The van der Waals surface area contributed by atoms with Crippen LogP contribution < -0.4 is 4.90 Å². The monoisotopic (exact) mass is 434 g/mol. The van der Waals surface area contributed by atoms with Crippen molar-refractivity contribution >= 4 is 55.7 Å². The molecule has 3 aromatic heterocycles. The predicted molar refractivity (Wildman–Crippen MR) is 118 cm³/mol. The zero-order valence-electron chi connectivity index (χ0n) is 16.1. The average molecular weight is 435 g/mol. The van der Waals surface area contributed by atoms with Gasteiger partial charge in [0.25, 0.3) is 5.78 Å². The molecule has 0 saturated heterocycles. The van der Waals surface area contributed by atoms with Crippen molar-refractivity contribution < 1.29 is 4.79 Å². The number of hydrogen-bond donors (Lipinski definition) is 0. The van der Waals surface area contributed by atoms with E-state index in [1.165, 1.54) is 16.2 Å². The van der Waals surface area contributed by atoms with Gasteiger partial charge in [0.1, 0.15) is 0 Å². The summed E-state index contributed by atoms with van der Waals surface area (Å²) in [4.78, 5) is 28.4. The molecule has 0 unspecified atom stereocenters. The van der Waals surface area contributed by atoms with Crippen LogP contribution in [0.15, 0.2) is 54.7 Å². The summed E-state index contributed by atoms with van der Waals surface area (Å²) in [6, 6.07) is 15.0. The molecular weight excluding hydrogens is 420 g/mol. The Morgan fingerprint density at radius 1 is 1.07 bits per heavy atom. The van der Waals surface area contributed by atoms with E-state index >= 15 is 0 Å². The zero-order valence-corrected chi connectivity index (χ0v) is 17.6. The summed E-state index contributed by atoms with van der Waals surface area (Å²) in [6.45, 7) is 3.75. The molecule has 3 heterocycles. The lowest BCUT2D eigenvalue weighted by Crippen LogP contribution is -2.27. The second-order valence-electron chi connectivity index (χ2n) is 6.72. The smallest absolute Gasteiger partial charge is 0.264 e. The fraction of sp³-hybridized carbons (Fsp3) is 0.0952. The van der Waals surface area contributed by atoms with Gasteiger partial charge in [-0.2, -0.15) is 4.98 Å². The molecule has 0 aliphatic rings. The molecule has 1 amide bonds. The second kappa shape index (κ2) is 7.16. The van der Waals surface area contributed by atoms with Gasteiger partial charge in [0.15, 0.2) is 5.13 Å². The molecule has 0 spiro atoms. The first kappa shape index (κ1) is 18.7. The number of para-hydroxylation sites is 1. The molecule has 2 aromatic carbocycles. The number of carbonyl (C=O) groups excluding carboxylic acids is 1. The van der Waals surface area contributed by atoms with Crippen LogP contribution >= 0.6 is 22.9 Å². The molecule has 30 heavy (non-hydrogen) atoms. The van der Waals surface area contributed by atoms with Crippen LogP contribution in [0.25, 0.3) is 16.0 Å². The first-order valence-corrected chi connectivity index (χ1v) is 10.4. The predicted octanol–water partition coefficient (Wildman–Crippen LogP) is 4.98. The molecule has 5 aromatic rings. The third kappa shape index (κ3) is 3.01. The highest BCUT2D eigenvalue weighted by molar-refractivity contribution is 7.22. The van der Waals surface area contributed by atoms with E-state index in [1.807, 2.05) is 50.2 Å². The minimum Gasteiger partial charge on any atom is -0.264 e. The van der Waals surface area contributed by atoms with E-state index in [0.717, 1.165) is 21.5 Å². The van der Waals surface area contributed by atoms with Crippen LogP contribution in [0.3, 0.4) is 0 Å². The maximum Gasteiger partial charge on any atom is 0.304 e. The standard InChI is InChI=1S/C21H15ClN6OS/c1-12-10-11-23-20-25-18(26-28(12)20)19(29)27(16-8-5-6-14(22)13(16)2)21-24-15-7-3-4-9-17(15)30-21/h3-11H,1-2H3. The van der Waals surface area contributed by atoms with Gasteiger partial charge < -0.3 is 0 Å². The number of anilines is 2. The summed E-state index contributed by atoms with van der Waals surface area (Å²) in [6.07, 6.45) is 1.64. The summed E-state index contributed by atoms with van der Waals surface area (Å²) in [5, 5.41) is 5.47. The lowest BCUT2D eigenvalue weighted by Gasteiger charge is -2.21. The number of aromatic nitrogens is 5. The Morgan fingerprint density at radius 3 is 2.70 bits per heavy atom. The SMILES string of the molecule is Cc1c(Cl)cccc1N(C(=O)c1nc2nccc(C)n2n1)c1nc2ccccc2s1. The van der Waals surface area contributed by atoms with Crippen LogP contribution in [0.2, 0.25) is 5.02 Å². The highest BCUT2D eigenvalue weighted by Gasteiger charge is 2.28. The van der Waals surface area contributed by atoms with E-state index in [-0.39, 0.29) is 5.82 Å². The van der Waals surface area contributed by atoms with Crippen LogP contribution in [0, 0.1) is 13.8 Å². The number of amides is 1. The van der Waals surface area contributed by atoms with E-state index in [2.05, 4.69) is 20.1 Å². The largest absolute Gasteiger partial charge is 0.304 e. The molecule has 0 fully saturated rings. The van der Waals surface area contributed by atoms with Crippen molar-refractivity contribution in [2.24, 2.45) is 0 Å². The highest BCUT2D eigenvalue weighted by atomic mass is 35.5. The lowest BCUT2D eigenvalue weighted by atomic mass is 10.2. The number of benzene rings is 2. The van der Waals surface area contributed by atoms with Crippen LogP contribution in [0.1, 0.15) is 21.9 Å². The van der Waals surface area contributed by atoms with E-state index < -0.39 is 5.91 Å². The normalized spacial score (nSPS) is 11.3. The third-order valence-corrected chi connectivity index (χ3v) is 6.21. The zero-order chi connectivity index (χ0) is 20.8. The summed E-state index contributed by atoms with van der Waals surface area (Å²) in [5.41, 5.74) is 3.05. The van der Waals surface area contributed by atoms with Gasteiger partial charge in [0, 0.05) is 16.9 Å². The molecule has 0 atom stereocenters. The molecular formula is C21H15ClN6OS. The van der Waals surface area contributed by atoms with Crippen LogP contribution in [0.5, 0.6) is 0 Å². The molecule has 5 rings (SSSR count). The van der Waals surface area contributed by atoms with Crippen molar-refractivity contribution in [2.45, 2.75) is 13.8 Å². The summed E-state index contributed by atoms with van der Waals surface area (Å²) in [7, 11) is 0. The van der Waals surface area contributed by atoms with Gasteiger partial charge in [0.05, 0.1) is 15.9 Å². The number of halogens is 1. The maximum absolute atomic E-state index is 13.7. The minimum absolute atomic E-state index is 0.0374. The molecule has 0 aliphatic carbocycles. The molecule has 7 nitrogen and oxygen atoms in total. The first-order chi connectivity index (χ1) is 14.5. The third-order valence-electron chi connectivity index (χ3n) is 4.78. The van der Waals surface area contributed by atoms with Crippen LogP contribution in [-0.2, 0) is 0 Å². The Morgan fingerprint density at radius 2 is 1.90 bits per heavy atom. The molecule has 148 valence electrons. The van der Waals surface area contributed by atoms with E-state index in [9.17, 15) is 4.79 Å². The Labute approximate surface area is 180 Å².